The van der Waals surface area contributed by atoms with Crippen LogP contribution in [0.25, 0.3) is 27.8 Å². The van der Waals surface area contributed by atoms with Crippen LogP contribution < -0.4 is 0 Å². The average molecular weight is 256 g/mol. The van der Waals surface area contributed by atoms with Crippen molar-refractivity contribution in [2.24, 2.45) is 0 Å². The van der Waals surface area contributed by atoms with E-state index in [1.54, 1.807) is 0 Å². The molecule has 2 heteroatoms. The highest BCUT2D eigenvalue weighted by Gasteiger charge is 2.22. The molecule has 0 aromatic heterocycles. The lowest BCUT2D eigenvalue weighted by atomic mass is 10.0. The van der Waals surface area contributed by atoms with Crippen LogP contribution in [0.1, 0.15) is 11.1 Å². The molecule has 2 aromatic rings. The predicted molar refractivity (Wildman–Crippen MR) is 80.5 cm³/mol. The number of fused-ring (bicyclic) bond motifs is 2. The Morgan fingerprint density at radius 1 is 0.950 bits per heavy atom. The molecule has 0 fully saturated rings. The second kappa shape index (κ2) is 3.48. The van der Waals surface area contributed by atoms with Gasteiger partial charge >= 0.3 is 0 Å². The van der Waals surface area contributed by atoms with Gasteiger partial charge in [0.2, 0.25) is 0 Å². The minimum Gasteiger partial charge on any atom is -0.313 e. The Labute approximate surface area is 116 Å². The molecule has 2 aliphatic heterocycles. The molecule has 0 spiro atoms. The Morgan fingerprint density at radius 2 is 1.85 bits per heavy atom. The van der Waals surface area contributed by atoms with Crippen LogP contribution in [-0.4, -0.2) is 9.55 Å². The number of rotatable bonds is 0. The monoisotopic (exact) mass is 256 g/mol. The van der Waals surface area contributed by atoms with Gasteiger partial charge in [0, 0.05) is 29.9 Å². The summed E-state index contributed by atoms with van der Waals surface area (Å²) in [4.78, 5) is 4.55. The summed E-state index contributed by atoms with van der Waals surface area (Å²) < 4.78 is 2.29. The van der Waals surface area contributed by atoms with Gasteiger partial charge in [0.15, 0.2) is 0 Å². The first-order valence-electron chi connectivity index (χ1n) is 6.88. The van der Waals surface area contributed by atoms with Gasteiger partial charge in [-0.1, -0.05) is 36.4 Å². The summed E-state index contributed by atoms with van der Waals surface area (Å²) in [6.07, 6.45) is 4.94. The predicted octanol–water partition coefficient (Wildman–Crippen LogP) is 4.03. The zero-order valence-electron chi connectivity index (χ0n) is 10.9. The van der Waals surface area contributed by atoms with Crippen LogP contribution in [0, 0.1) is 0 Å². The van der Waals surface area contributed by atoms with Gasteiger partial charge in [-0.25, -0.2) is 0 Å². The molecular weight excluding hydrogens is 244 g/mol. The van der Waals surface area contributed by atoms with E-state index in [4.69, 9.17) is 0 Å². The van der Waals surface area contributed by atoms with Crippen LogP contribution in [0.2, 0.25) is 0 Å². The zero-order valence-corrected chi connectivity index (χ0v) is 10.9. The van der Waals surface area contributed by atoms with E-state index in [1.165, 1.54) is 33.3 Å². The molecule has 2 nitrogen and oxygen atoms in total. The third-order valence-corrected chi connectivity index (χ3v) is 4.26. The van der Waals surface area contributed by atoms with Crippen molar-refractivity contribution in [1.82, 2.24) is 9.55 Å². The minimum atomic E-state index is 0.980. The largest absolute Gasteiger partial charge is 0.313 e. The normalized spacial score (nSPS) is 12.8. The smallest absolute Gasteiger partial charge is 0.0883 e. The number of benzene rings is 2. The van der Waals surface area contributed by atoms with Gasteiger partial charge in [0.05, 0.1) is 11.4 Å². The maximum atomic E-state index is 4.55. The minimum absolute atomic E-state index is 0.980. The number of hydrogen-bond acceptors (Lipinski definition) is 1. The van der Waals surface area contributed by atoms with Gasteiger partial charge in [-0.05, 0) is 28.6 Å². The van der Waals surface area contributed by atoms with E-state index in [0.29, 0.717) is 0 Å². The summed E-state index contributed by atoms with van der Waals surface area (Å²) in [5.74, 6) is 0. The van der Waals surface area contributed by atoms with Gasteiger partial charge in [-0.3, -0.25) is 4.98 Å². The lowest BCUT2D eigenvalue weighted by Crippen LogP contribution is -2.01. The number of para-hydroxylation sites is 1. The maximum Gasteiger partial charge on any atom is 0.0883 e. The van der Waals surface area contributed by atoms with Crippen molar-refractivity contribution in [2.45, 2.75) is 6.42 Å². The number of hydrogen-bond donors (Lipinski definition) is 0. The fourth-order valence-electron chi connectivity index (χ4n) is 3.42. The van der Waals surface area contributed by atoms with Crippen LogP contribution in [0.15, 0.2) is 60.9 Å². The fraction of sp³-hybridized carbons (Fsp3) is 0.0556. The molecule has 5 rings (SSSR count). The fourth-order valence-corrected chi connectivity index (χ4v) is 3.42. The zero-order chi connectivity index (χ0) is 13.1. The van der Waals surface area contributed by atoms with E-state index in [1.807, 2.05) is 6.20 Å². The van der Waals surface area contributed by atoms with Gasteiger partial charge in [0.1, 0.15) is 0 Å². The average Bonchev–Trinajstić information content (AvgIpc) is 2.79. The van der Waals surface area contributed by atoms with Crippen molar-refractivity contribution in [2.75, 3.05) is 0 Å². The molecule has 0 N–H and O–H groups in total. The third kappa shape index (κ3) is 1.16. The molecule has 3 aliphatic rings. The first-order valence-corrected chi connectivity index (χ1v) is 6.88. The Morgan fingerprint density at radius 3 is 2.85 bits per heavy atom. The number of aromatic nitrogens is 2. The first-order chi connectivity index (χ1) is 9.92. The van der Waals surface area contributed by atoms with Crippen molar-refractivity contribution >= 4 is 10.8 Å². The summed E-state index contributed by atoms with van der Waals surface area (Å²) in [7, 11) is 0. The maximum absolute atomic E-state index is 4.55. The highest BCUT2D eigenvalue weighted by Crippen LogP contribution is 2.40. The van der Waals surface area contributed by atoms with Crippen molar-refractivity contribution in [1.29, 1.82) is 0 Å². The van der Waals surface area contributed by atoms with E-state index >= 15 is 0 Å². The summed E-state index contributed by atoms with van der Waals surface area (Å²) in [5, 5.41) is 2.64. The van der Waals surface area contributed by atoms with Gasteiger partial charge in [0.25, 0.3) is 0 Å². The first kappa shape index (κ1) is 10.2. The van der Waals surface area contributed by atoms with Crippen LogP contribution in [0.3, 0.4) is 0 Å². The molecule has 0 amide bonds. The summed E-state index contributed by atoms with van der Waals surface area (Å²) in [6, 6.07) is 17.4. The van der Waals surface area contributed by atoms with Crippen molar-refractivity contribution in [3.63, 3.8) is 0 Å². The quantitative estimate of drug-likeness (QED) is 0.409. The molecule has 2 heterocycles. The van der Waals surface area contributed by atoms with Gasteiger partial charge in [-0.2, -0.15) is 0 Å². The van der Waals surface area contributed by atoms with Crippen LogP contribution in [0.4, 0.5) is 0 Å². The van der Waals surface area contributed by atoms with E-state index in [0.717, 1.165) is 12.1 Å². The molecule has 20 heavy (non-hydrogen) atoms. The van der Waals surface area contributed by atoms with Crippen molar-refractivity contribution in [3.05, 3.63) is 72.1 Å². The van der Waals surface area contributed by atoms with Crippen LogP contribution in [0.5, 0.6) is 0 Å². The van der Waals surface area contributed by atoms with Crippen LogP contribution >= 0.6 is 0 Å². The van der Waals surface area contributed by atoms with Crippen molar-refractivity contribution < 1.29 is 0 Å². The molecule has 0 bridgehead atoms. The molecule has 2 aromatic carbocycles. The second-order valence-electron chi connectivity index (χ2n) is 5.36. The molecule has 0 unspecified atom stereocenters. The topological polar surface area (TPSA) is 17.8 Å². The Balaban J connectivity index is 2.07. The summed E-state index contributed by atoms with van der Waals surface area (Å²) in [5.41, 5.74) is 6.34. The molecular formula is C18H12N2. The standard InChI is InChI=1S/C18H12N2/c1-2-7-16-12(4-1)10-13-5-3-6-14-11-15-18(17(13)14)20(16)9-8-19-15/h1-9,11H,10H2. The van der Waals surface area contributed by atoms with Crippen LogP contribution in [-0.2, 0) is 6.42 Å². The lowest BCUT2D eigenvalue weighted by molar-refractivity contribution is 1.01. The Kier molecular flexibility index (Phi) is 1.78. The van der Waals surface area contributed by atoms with E-state index < -0.39 is 0 Å². The highest BCUT2D eigenvalue weighted by atomic mass is 15.0. The van der Waals surface area contributed by atoms with Gasteiger partial charge in [-0.15, -0.1) is 0 Å². The Hall–Kier alpha value is -2.61. The molecule has 94 valence electrons. The molecule has 0 radical (unpaired) electrons. The summed E-state index contributed by atoms with van der Waals surface area (Å²) >= 11 is 0. The van der Waals surface area contributed by atoms with E-state index in [-0.39, 0.29) is 0 Å². The van der Waals surface area contributed by atoms with E-state index in [2.05, 4.69) is 64.3 Å². The highest BCUT2D eigenvalue weighted by molar-refractivity contribution is 6.03. The van der Waals surface area contributed by atoms with Gasteiger partial charge < -0.3 is 4.57 Å². The van der Waals surface area contributed by atoms with E-state index in [9.17, 15) is 0 Å². The molecule has 1 aliphatic carbocycles. The lowest BCUT2D eigenvalue weighted by Gasteiger charge is -2.13. The third-order valence-electron chi connectivity index (χ3n) is 4.26. The SMILES string of the molecule is c1ccc2c(c1)Cc1cccc3cc4nccn-2c-4c13. The Bertz CT molecular complexity index is 933. The van der Waals surface area contributed by atoms with Crippen molar-refractivity contribution in [3.8, 4) is 17.1 Å². The number of nitrogens with zero attached hydrogens (tertiary/aromatic N) is 2. The second-order valence-corrected chi connectivity index (χ2v) is 5.36. The summed E-state index contributed by atoms with van der Waals surface area (Å²) in [6.45, 7) is 0. The molecule has 0 saturated heterocycles. The molecule has 0 atom stereocenters. The molecule has 0 saturated carbocycles.